The van der Waals surface area contributed by atoms with Gasteiger partial charge >= 0.3 is 0 Å². The first-order chi connectivity index (χ1) is 9.19. The quantitative estimate of drug-likeness (QED) is 0.617. The molecule has 0 saturated carbocycles. The van der Waals surface area contributed by atoms with Crippen molar-refractivity contribution >= 4 is 21.4 Å². The Morgan fingerprint density at radius 1 is 1.40 bits per heavy atom. The molecule has 1 rings (SSSR count). The van der Waals surface area contributed by atoms with Crippen LogP contribution in [0.5, 0.6) is 0 Å². The molecule has 9 heteroatoms. The molecule has 1 aromatic rings. The van der Waals surface area contributed by atoms with Crippen molar-refractivity contribution in [3.63, 3.8) is 0 Å². The lowest BCUT2D eigenvalue weighted by Crippen LogP contribution is -2.31. The van der Waals surface area contributed by atoms with E-state index in [2.05, 4.69) is 10.0 Å². The smallest absolute Gasteiger partial charge is 0.274 e. The highest BCUT2D eigenvalue weighted by Crippen LogP contribution is 2.29. The highest BCUT2D eigenvalue weighted by Gasteiger charge is 2.27. The van der Waals surface area contributed by atoms with E-state index in [0.717, 1.165) is 6.07 Å². The van der Waals surface area contributed by atoms with Crippen LogP contribution in [0, 0.1) is 15.9 Å². The normalized spacial score (nSPS) is 11.7. The van der Waals surface area contributed by atoms with Crippen LogP contribution in [0.25, 0.3) is 0 Å². The summed E-state index contributed by atoms with van der Waals surface area (Å²) in [5.41, 5.74) is -0.644. The average molecular weight is 305 g/mol. The second-order valence-electron chi connectivity index (χ2n) is 4.37. The van der Waals surface area contributed by atoms with E-state index in [9.17, 15) is 22.9 Å². The number of sulfonamides is 1. The van der Waals surface area contributed by atoms with Gasteiger partial charge in [-0.2, -0.15) is 0 Å². The SMILES string of the molecule is CCNc1cc([N+](=O)[O-])cc(F)c1S(=O)(=O)NC(C)C. The standard InChI is InChI=1S/C11H16FN3O4S/c1-4-13-10-6-8(15(16)17)5-9(12)11(10)20(18,19)14-7(2)3/h5-7,13-14H,4H2,1-3H3. The van der Waals surface area contributed by atoms with Crippen LogP contribution in [-0.2, 0) is 10.0 Å². The Morgan fingerprint density at radius 3 is 2.45 bits per heavy atom. The molecule has 0 radical (unpaired) electrons. The predicted molar refractivity (Wildman–Crippen MR) is 72.7 cm³/mol. The first-order valence-electron chi connectivity index (χ1n) is 5.93. The maximum absolute atomic E-state index is 14.0. The van der Waals surface area contributed by atoms with Gasteiger partial charge in [-0.15, -0.1) is 0 Å². The molecule has 1 aromatic carbocycles. The van der Waals surface area contributed by atoms with Gasteiger partial charge in [0.15, 0.2) is 5.82 Å². The molecule has 0 saturated heterocycles. The Hall–Kier alpha value is -1.74. The molecule has 0 aromatic heterocycles. The minimum absolute atomic E-state index is 0.132. The van der Waals surface area contributed by atoms with E-state index in [1.165, 1.54) is 0 Å². The van der Waals surface area contributed by atoms with Crippen LogP contribution in [0.15, 0.2) is 17.0 Å². The Bertz CT molecular complexity index is 616. The maximum atomic E-state index is 14.0. The van der Waals surface area contributed by atoms with Crippen molar-refractivity contribution in [3.05, 3.63) is 28.1 Å². The molecule has 0 bridgehead atoms. The molecular formula is C11H16FN3O4S. The molecular weight excluding hydrogens is 289 g/mol. The number of nitro groups is 1. The fraction of sp³-hybridized carbons (Fsp3) is 0.455. The van der Waals surface area contributed by atoms with E-state index in [1.54, 1.807) is 20.8 Å². The summed E-state index contributed by atoms with van der Waals surface area (Å²) >= 11 is 0. The zero-order chi connectivity index (χ0) is 15.5. The van der Waals surface area contributed by atoms with Gasteiger partial charge in [-0.1, -0.05) is 0 Å². The van der Waals surface area contributed by atoms with Gasteiger partial charge in [-0.05, 0) is 20.8 Å². The van der Waals surface area contributed by atoms with Gasteiger partial charge in [0.2, 0.25) is 10.0 Å². The van der Waals surface area contributed by atoms with Crippen molar-refractivity contribution in [1.29, 1.82) is 0 Å². The van der Waals surface area contributed by atoms with Crippen LogP contribution in [0.3, 0.4) is 0 Å². The monoisotopic (exact) mass is 305 g/mol. The molecule has 0 aliphatic heterocycles. The third-order valence-electron chi connectivity index (χ3n) is 2.27. The van der Waals surface area contributed by atoms with E-state index < -0.39 is 37.4 Å². The number of benzene rings is 1. The van der Waals surface area contributed by atoms with E-state index >= 15 is 0 Å². The largest absolute Gasteiger partial charge is 0.384 e. The van der Waals surface area contributed by atoms with Gasteiger partial charge in [0.1, 0.15) is 4.90 Å². The van der Waals surface area contributed by atoms with Gasteiger partial charge in [0.25, 0.3) is 5.69 Å². The number of anilines is 1. The highest BCUT2D eigenvalue weighted by molar-refractivity contribution is 7.89. The molecule has 0 aliphatic carbocycles. The van der Waals surface area contributed by atoms with Gasteiger partial charge in [0.05, 0.1) is 16.7 Å². The van der Waals surface area contributed by atoms with Crippen molar-refractivity contribution in [1.82, 2.24) is 4.72 Å². The van der Waals surface area contributed by atoms with Gasteiger partial charge in [-0.3, -0.25) is 10.1 Å². The molecule has 0 heterocycles. The molecule has 7 nitrogen and oxygen atoms in total. The van der Waals surface area contributed by atoms with Crippen molar-refractivity contribution < 1.29 is 17.7 Å². The minimum atomic E-state index is -4.10. The van der Waals surface area contributed by atoms with Crippen molar-refractivity contribution in [3.8, 4) is 0 Å². The van der Waals surface area contributed by atoms with Crippen molar-refractivity contribution in [2.75, 3.05) is 11.9 Å². The highest BCUT2D eigenvalue weighted by atomic mass is 32.2. The molecule has 112 valence electrons. The fourth-order valence-electron chi connectivity index (χ4n) is 1.65. The number of nitro benzene ring substituents is 1. The summed E-state index contributed by atoms with van der Waals surface area (Å²) in [6, 6.07) is 1.17. The molecule has 0 spiro atoms. The number of non-ortho nitro benzene ring substituents is 1. The van der Waals surface area contributed by atoms with E-state index in [-0.39, 0.29) is 5.69 Å². The Labute approximate surface area is 116 Å². The summed E-state index contributed by atoms with van der Waals surface area (Å²) in [6.07, 6.45) is 0. The molecule has 20 heavy (non-hydrogen) atoms. The molecule has 0 fully saturated rings. The fourth-order valence-corrected chi connectivity index (χ4v) is 3.12. The first-order valence-corrected chi connectivity index (χ1v) is 7.41. The van der Waals surface area contributed by atoms with Gasteiger partial charge in [-0.25, -0.2) is 17.5 Å². The topological polar surface area (TPSA) is 101 Å². The van der Waals surface area contributed by atoms with Crippen LogP contribution in [-0.4, -0.2) is 25.9 Å². The summed E-state index contributed by atoms with van der Waals surface area (Å²) < 4.78 is 40.4. The summed E-state index contributed by atoms with van der Waals surface area (Å²) in [7, 11) is -4.10. The summed E-state index contributed by atoms with van der Waals surface area (Å²) in [5, 5.41) is 13.3. The third kappa shape index (κ3) is 3.64. The molecule has 0 atom stereocenters. The summed E-state index contributed by atoms with van der Waals surface area (Å²) in [6.45, 7) is 5.15. The zero-order valence-electron chi connectivity index (χ0n) is 11.3. The van der Waals surface area contributed by atoms with E-state index in [4.69, 9.17) is 0 Å². The third-order valence-corrected chi connectivity index (χ3v) is 4.00. The molecule has 0 aliphatic rings. The zero-order valence-corrected chi connectivity index (χ0v) is 12.1. The Morgan fingerprint density at radius 2 is 2.00 bits per heavy atom. The van der Waals surface area contributed by atoms with E-state index in [1.807, 2.05) is 0 Å². The lowest BCUT2D eigenvalue weighted by Gasteiger charge is -2.14. The Balaban J connectivity index is 3.49. The van der Waals surface area contributed by atoms with E-state index in [0.29, 0.717) is 12.6 Å². The van der Waals surface area contributed by atoms with Gasteiger partial charge < -0.3 is 5.32 Å². The molecule has 0 unspecified atom stereocenters. The minimum Gasteiger partial charge on any atom is -0.384 e. The predicted octanol–water partition coefficient (Wildman–Crippen LogP) is 1.85. The maximum Gasteiger partial charge on any atom is 0.274 e. The summed E-state index contributed by atoms with van der Waals surface area (Å²) in [5.74, 6) is -1.16. The lowest BCUT2D eigenvalue weighted by atomic mass is 10.2. The molecule has 0 amide bonds. The second-order valence-corrected chi connectivity index (χ2v) is 6.02. The molecule has 2 N–H and O–H groups in total. The van der Waals surface area contributed by atoms with Gasteiger partial charge in [0, 0.05) is 18.7 Å². The van der Waals surface area contributed by atoms with Crippen molar-refractivity contribution in [2.45, 2.75) is 31.7 Å². The number of hydrogen-bond donors (Lipinski definition) is 2. The van der Waals surface area contributed by atoms with Crippen LogP contribution in [0.4, 0.5) is 15.8 Å². The lowest BCUT2D eigenvalue weighted by molar-refractivity contribution is -0.385. The summed E-state index contributed by atoms with van der Waals surface area (Å²) in [4.78, 5) is 9.30. The van der Waals surface area contributed by atoms with Crippen LogP contribution in [0.1, 0.15) is 20.8 Å². The number of halogens is 1. The van der Waals surface area contributed by atoms with Crippen LogP contribution >= 0.6 is 0 Å². The average Bonchev–Trinajstić information content (AvgIpc) is 2.26. The number of rotatable bonds is 6. The van der Waals surface area contributed by atoms with Crippen LogP contribution in [0.2, 0.25) is 0 Å². The number of nitrogens with zero attached hydrogens (tertiary/aromatic N) is 1. The van der Waals surface area contributed by atoms with Crippen molar-refractivity contribution in [2.24, 2.45) is 0 Å². The number of hydrogen-bond acceptors (Lipinski definition) is 5. The number of nitrogens with one attached hydrogen (secondary N) is 2. The Kier molecular flexibility index (Phi) is 5.01. The van der Waals surface area contributed by atoms with Crippen LogP contribution < -0.4 is 10.0 Å². The first kappa shape index (κ1) is 16.3. The second kappa shape index (κ2) is 6.14.